The molecule has 4 fully saturated rings. The van der Waals surface area contributed by atoms with Crippen LogP contribution in [0.4, 0.5) is 0 Å². The first-order valence-corrected chi connectivity index (χ1v) is 18.7. The summed E-state index contributed by atoms with van der Waals surface area (Å²) in [6, 6.07) is 0. The monoisotopic (exact) mass is 601 g/mol. The van der Waals surface area contributed by atoms with Gasteiger partial charge in [-0.3, -0.25) is 4.42 Å². The molecule has 0 bridgehead atoms. The lowest BCUT2D eigenvalue weighted by Crippen LogP contribution is -2.34. The molecule has 3 heteroatoms. The van der Waals surface area contributed by atoms with Gasteiger partial charge >= 0.3 is 5.78 Å². The molecule has 7 aliphatic rings. The zero-order chi connectivity index (χ0) is 29.0. The number of ether oxygens (including phenoxy) is 1. The number of allylic oxidation sites excluding steroid dienone is 10. The molecule has 0 N–H and O–H groups in total. The summed E-state index contributed by atoms with van der Waals surface area (Å²) < 4.78 is 13.4. The fourth-order valence-corrected chi connectivity index (χ4v) is 9.66. The van der Waals surface area contributed by atoms with Crippen molar-refractivity contribution < 1.29 is 9.16 Å². The molecule has 0 saturated heterocycles. The van der Waals surface area contributed by atoms with E-state index in [1.807, 2.05) is 0 Å². The van der Waals surface area contributed by atoms with Gasteiger partial charge in [-0.15, -0.1) is 0 Å². The molecular formula is C40H54ClO2+. The fraction of sp³-hybridized carbons (Fsp3) is 0.675. The summed E-state index contributed by atoms with van der Waals surface area (Å²) in [5, 5.41) is 0.993. The van der Waals surface area contributed by atoms with Crippen LogP contribution in [-0.4, -0.2) is 18.0 Å². The first-order valence-electron chi connectivity index (χ1n) is 18.3. The zero-order valence-electron chi connectivity index (χ0n) is 26.5. The van der Waals surface area contributed by atoms with Crippen LogP contribution in [0.15, 0.2) is 69.5 Å². The van der Waals surface area contributed by atoms with Crippen LogP contribution < -0.4 is 0 Å². The highest BCUT2D eigenvalue weighted by Crippen LogP contribution is 2.43. The van der Waals surface area contributed by atoms with Crippen LogP contribution in [0.2, 0.25) is 0 Å². The number of rotatable bonds is 5. The van der Waals surface area contributed by atoms with E-state index in [1.165, 1.54) is 156 Å². The van der Waals surface area contributed by atoms with E-state index in [0.717, 1.165) is 17.9 Å². The number of ketones is 1. The van der Waals surface area contributed by atoms with Crippen LogP contribution in [0.1, 0.15) is 135 Å². The lowest BCUT2D eigenvalue weighted by Gasteiger charge is -2.40. The minimum Gasteiger partial charge on any atom is -0.494 e. The van der Waals surface area contributed by atoms with Gasteiger partial charge < -0.3 is 4.74 Å². The van der Waals surface area contributed by atoms with Crippen LogP contribution in [-0.2, 0) is 9.16 Å². The summed E-state index contributed by atoms with van der Waals surface area (Å²) in [6.07, 6.45) is 42.1. The summed E-state index contributed by atoms with van der Waals surface area (Å²) >= 11 is 7.20. The van der Waals surface area contributed by atoms with Gasteiger partial charge in [-0.1, -0.05) is 87.3 Å². The Kier molecular flexibility index (Phi) is 9.80. The van der Waals surface area contributed by atoms with E-state index in [9.17, 15) is 0 Å². The van der Waals surface area contributed by atoms with Crippen molar-refractivity contribution in [3.63, 3.8) is 0 Å². The first-order chi connectivity index (χ1) is 21.2. The third-order valence-electron chi connectivity index (χ3n) is 11.9. The van der Waals surface area contributed by atoms with Crippen molar-refractivity contribution in [3.8, 4) is 0 Å². The molecule has 4 saturated carbocycles. The molecule has 4 atom stereocenters. The summed E-state index contributed by atoms with van der Waals surface area (Å²) in [5.74, 6) is 4.92. The molecule has 0 spiro atoms. The Bertz CT molecular complexity index is 1230. The average molecular weight is 602 g/mol. The Hall–Kier alpha value is -1.80. The molecule has 0 radical (unpaired) electrons. The van der Waals surface area contributed by atoms with E-state index in [1.54, 1.807) is 0 Å². The summed E-state index contributed by atoms with van der Waals surface area (Å²) in [6.45, 7) is 0. The van der Waals surface area contributed by atoms with Crippen LogP contribution in [0.3, 0.4) is 0 Å². The maximum Gasteiger partial charge on any atom is 0.323 e. The quantitative estimate of drug-likeness (QED) is 0.287. The molecule has 0 aromatic heterocycles. The number of fused-ring (bicyclic) bond motifs is 2. The van der Waals surface area contributed by atoms with Gasteiger partial charge in [0, 0.05) is 29.4 Å². The van der Waals surface area contributed by atoms with Gasteiger partial charge in [0.2, 0.25) is 0 Å². The molecule has 5 aliphatic carbocycles. The minimum atomic E-state index is 0.378. The van der Waals surface area contributed by atoms with Gasteiger partial charge in [-0.2, -0.15) is 0 Å². The first kappa shape index (κ1) is 29.9. The molecule has 2 heterocycles. The second kappa shape index (κ2) is 14.1. The van der Waals surface area contributed by atoms with Crippen molar-refractivity contribution in [2.75, 3.05) is 0 Å². The lowest BCUT2D eigenvalue weighted by molar-refractivity contribution is -0.519. The van der Waals surface area contributed by atoms with Gasteiger partial charge in [0.25, 0.3) is 6.10 Å². The number of carbonyl (C=O) groups excluding carboxylic acids is 1. The Labute approximate surface area is 266 Å². The van der Waals surface area contributed by atoms with Crippen LogP contribution in [0, 0.1) is 23.7 Å². The molecular weight excluding hydrogens is 548 g/mol. The molecule has 7 rings (SSSR count). The molecule has 0 aromatic carbocycles. The van der Waals surface area contributed by atoms with Gasteiger partial charge in [-0.05, 0) is 105 Å². The molecule has 4 unspecified atom stereocenters. The average Bonchev–Trinajstić information content (AvgIpc) is 3.07. The summed E-state index contributed by atoms with van der Waals surface area (Å²) in [7, 11) is 0. The minimum absolute atomic E-state index is 0.378. The molecule has 232 valence electrons. The lowest BCUT2D eigenvalue weighted by atomic mass is 9.77. The van der Waals surface area contributed by atoms with Crippen LogP contribution in [0.25, 0.3) is 0 Å². The van der Waals surface area contributed by atoms with E-state index in [0.29, 0.717) is 35.9 Å². The summed E-state index contributed by atoms with van der Waals surface area (Å²) in [5.41, 5.74) is 5.63. The number of hydrogen-bond donors (Lipinski definition) is 0. The van der Waals surface area contributed by atoms with Crippen molar-refractivity contribution in [2.24, 2.45) is 23.7 Å². The standard InChI is InChI=1S/C40H54ClO2/c41-40-30(22-24-32-26-38(28-12-3-1-4-13-28)42-36-20-9-7-18-34(32)36)16-11-17-31(40)23-25-33-27-39(29-14-5-2-6-15-29)43-37-21-10-8-19-35(33)37/h22-29,34-37H,1-21H2/q+1. The fourth-order valence-electron chi connectivity index (χ4n) is 9.35. The van der Waals surface area contributed by atoms with Gasteiger partial charge in [0.15, 0.2) is 0 Å². The highest BCUT2D eigenvalue weighted by atomic mass is 35.5. The Morgan fingerprint density at radius 1 is 0.651 bits per heavy atom. The topological polar surface area (TPSA) is 20.5 Å². The predicted molar refractivity (Wildman–Crippen MR) is 179 cm³/mol. The SMILES string of the molecule is ClC1=C(/C=C/C2=CC(C3CCCCC3)=[O+]C3CCCCC23)CCC/C1=C\C=C1/C=C(C2CCCCC2)OC2CCCCC12. The maximum atomic E-state index is 7.20. The van der Waals surface area contributed by atoms with Crippen LogP contribution >= 0.6 is 11.6 Å². The number of halogens is 1. The molecule has 2 aliphatic heterocycles. The predicted octanol–water partition coefficient (Wildman–Crippen LogP) is 11.3. The van der Waals surface area contributed by atoms with Gasteiger partial charge in [0.05, 0.1) is 17.6 Å². The van der Waals surface area contributed by atoms with E-state index in [4.69, 9.17) is 20.8 Å². The Morgan fingerprint density at radius 2 is 1.35 bits per heavy atom. The molecule has 43 heavy (non-hydrogen) atoms. The Balaban J connectivity index is 1.13. The van der Waals surface area contributed by atoms with E-state index in [-0.39, 0.29) is 0 Å². The van der Waals surface area contributed by atoms with Crippen molar-refractivity contribution >= 4 is 17.4 Å². The third kappa shape index (κ3) is 6.90. The highest BCUT2D eigenvalue weighted by Gasteiger charge is 2.41. The van der Waals surface area contributed by atoms with E-state index in [2.05, 4.69) is 36.5 Å². The molecule has 2 nitrogen and oxygen atoms in total. The molecule has 0 aromatic rings. The van der Waals surface area contributed by atoms with Crippen molar-refractivity contribution in [3.05, 3.63) is 69.5 Å². The highest BCUT2D eigenvalue weighted by molar-refractivity contribution is 6.32. The van der Waals surface area contributed by atoms with E-state index >= 15 is 0 Å². The second-order valence-electron chi connectivity index (χ2n) is 14.7. The van der Waals surface area contributed by atoms with Gasteiger partial charge in [0.1, 0.15) is 6.10 Å². The molecule has 0 amide bonds. The van der Waals surface area contributed by atoms with Crippen molar-refractivity contribution in [1.82, 2.24) is 0 Å². The normalized spacial score (nSPS) is 34.9. The third-order valence-corrected chi connectivity index (χ3v) is 12.4. The van der Waals surface area contributed by atoms with Crippen molar-refractivity contribution in [1.29, 1.82) is 0 Å². The van der Waals surface area contributed by atoms with Crippen LogP contribution in [0.5, 0.6) is 0 Å². The second-order valence-corrected chi connectivity index (χ2v) is 15.1. The van der Waals surface area contributed by atoms with Crippen molar-refractivity contribution in [2.45, 2.75) is 147 Å². The largest absolute Gasteiger partial charge is 0.494 e. The number of hydrogen-bond acceptors (Lipinski definition) is 1. The maximum absolute atomic E-state index is 7.20. The zero-order valence-corrected chi connectivity index (χ0v) is 27.2. The van der Waals surface area contributed by atoms with E-state index < -0.39 is 0 Å². The Morgan fingerprint density at radius 3 is 2.16 bits per heavy atom. The van der Waals surface area contributed by atoms with Gasteiger partial charge in [-0.25, -0.2) is 0 Å². The summed E-state index contributed by atoms with van der Waals surface area (Å²) in [4.78, 5) is 0. The smallest absolute Gasteiger partial charge is 0.323 e.